The first kappa shape index (κ1) is 18.4. The van der Waals surface area contributed by atoms with E-state index in [1.165, 1.54) is 12.1 Å². The van der Waals surface area contributed by atoms with Crippen LogP contribution in [0.15, 0.2) is 90.0 Å². The van der Waals surface area contributed by atoms with E-state index in [2.05, 4.69) is 9.71 Å². The maximum Gasteiger partial charge on any atom is 0.240 e. The third-order valence-electron chi connectivity index (χ3n) is 4.80. The minimum absolute atomic E-state index is 0.157. The summed E-state index contributed by atoms with van der Waals surface area (Å²) in [6.45, 7) is 0.157. The summed E-state index contributed by atoms with van der Waals surface area (Å²) in [6, 6.07) is 22.3. The predicted molar refractivity (Wildman–Crippen MR) is 108 cm³/mol. The van der Waals surface area contributed by atoms with Crippen LogP contribution >= 0.6 is 0 Å². The van der Waals surface area contributed by atoms with E-state index in [1.54, 1.807) is 42.5 Å². The Kier molecular flexibility index (Phi) is 4.98. The van der Waals surface area contributed by atoms with Crippen molar-refractivity contribution in [2.24, 2.45) is 0 Å². The van der Waals surface area contributed by atoms with Crippen molar-refractivity contribution in [3.05, 3.63) is 102 Å². The fourth-order valence-electron chi connectivity index (χ4n) is 3.36. The molecular weight excluding hydrogens is 375 g/mol. The zero-order chi connectivity index (χ0) is 19.6. The predicted octanol–water partition coefficient (Wildman–Crippen LogP) is 4.42. The van der Waals surface area contributed by atoms with Gasteiger partial charge in [0, 0.05) is 29.6 Å². The second-order valence-electron chi connectivity index (χ2n) is 6.56. The Hall–Kier alpha value is -2.96. The molecule has 4 rings (SSSR count). The molecule has 0 unspecified atom stereocenters. The fourth-order valence-corrected chi connectivity index (χ4v) is 4.43. The molecular formula is C22H19FN2O2S. The molecule has 1 atom stereocenters. The highest BCUT2D eigenvalue weighted by molar-refractivity contribution is 7.89. The van der Waals surface area contributed by atoms with Gasteiger partial charge in [0.1, 0.15) is 5.82 Å². The van der Waals surface area contributed by atoms with E-state index in [0.717, 1.165) is 22.0 Å². The average molecular weight is 394 g/mol. The van der Waals surface area contributed by atoms with Gasteiger partial charge in [-0.05, 0) is 41.5 Å². The smallest absolute Gasteiger partial charge is 0.240 e. The number of benzene rings is 3. The first-order valence-corrected chi connectivity index (χ1v) is 10.4. The molecule has 0 saturated carbocycles. The minimum Gasteiger partial charge on any atom is -0.361 e. The van der Waals surface area contributed by atoms with Crippen LogP contribution in [0.2, 0.25) is 0 Å². The Morgan fingerprint density at radius 2 is 1.57 bits per heavy atom. The van der Waals surface area contributed by atoms with Gasteiger partial charge in [0.2, 0.25) is 10.0 Å². The van der Waals surface area contributed by atoms with Gasteiger partial charge in [-0.1, -0.05) is 48.5 Å². The highest BCUT2D eigenvalue weighted by Gasteiger charge is 2.22. The second-order valence-corrected chi connectivity index (χ2v) is 8.33. The van der Waals surface area contributed by atoms with Gasteiger partial charge >= 0.3 is 0 Å². The largest absolute Gasteiger partial charge is 0.361 e. The van der Waals surface area contributed by atoms with Crippen LogP contribution in [0.1, 0.15) is 17.0 Å². The quantitative estimate of drug-likeness (QED) is 0.509. The lowest BCUT2D eigenvalue weighted by Gasteiger charge is -2.18. The van der Waals surface area contributed by atoms with Crippen molar-refractivity contribution in [2.75, 3.05) is 6.54 Å². The number of nitrogens with one attached hydrogen (secondary N) is 2. The molecule has 4 nitrogen and oxygen atoms in total. The van der Waals surface area contributed by atoms with E-state index in [4.69, 9.17) is 0 Å². The number of H-pyrrole nitrogens is 1. The molecule has 28 heavy (non-hydrogen) atoms. The Bertz CT molecular complexity index is 1190. The molecule has 0 aliphatic rings. The number of aromatic amines is 1. The number of hydrogen-bond donors (Lipinski definition) is 2. The summed E-state index contributed by atoms with van der Waals surface area (Å²) < 4.78 is 41.5. The summed E-state index contributed by atoms with van der Waals surface area (Å²) in [7, 11) is -3.65. The van der Waals surface area contributed by atoms with E-state index in [1.807, 2.05) is 30.5 Å². The van der Waals surface area contributed by atoms with Gasteiger partial charge < -0.3 is 4.98 Å². The topological polar surface area (TPSA) is 62.0 Å². The van der Waals surface area contributed by atoms with Gasteiger partial charge in [-0.25, -0.2) is 17.5 Å². The molecule has 0 radical (unpaired) electrons. The molecule has 1 aromatic heterocycles. The maximum atomic E-state index is 13.4. The number of rotatable bonds is 6. The number of aromatic nitrogens is 1. The third-order valence-corrected chi connectivity index (χ3v) is 6.24. The van der Waals surface area contributed by atoms with E-state index in [0.29, 0.717) is 0 Å². The lowest BCUT2D eigenvalue weighted by molar-refractivity contribution is 0.577. The van der Waals surface area contributed by atoms with Crippen molar-refractivity contribution in [3.8, 4) is 0 Å². The van der Waals surface area contributed by atoms with Crippen molar-refractivity contribution in [3.63, 3.8) is 0 Å². The van der Waals surface area contributed by atoms with Crippen molar-refractivity contribution >= 4 is 20.9 Å². The summed E-state index contributed by atoms with van der Waals surface area (Å²) in [6.07, 6.45) is 1.88. The molecule has 1 heterocycles. The molecule has 142 valence electrons. The van der Waals surface area contributed by atoms with Crippen molar-refractivity contribution < 1.29 is 12.8 Å². The number of sulfonamides is 1. The summed E-state index contributed by atoms with van der Waals surface area (Å²) in [5.41, 5.74) is 2.76. The van der Waals surface area contributed by atoms with Crippen LogP contribution in [0.25, 0.3) is 10.9 Å². The van der Waals surface area contributed by atoms with Gasteiger partial charge in [-0.2, -0.15) is 0 Å². The van der Waals surface area contributed by atoms with Crippen LogP contribution in [0.5, 0.6) is 0 Å². The van der Waals surface area contributed by atoms with Gasteiger partial charge in [-0.3, -0.25) is 0 Å². The van der Waals surface area contributed by atoms with Crippen molar-refractivity contribution in [1.29, 1.82) is 0 Å². The number of para-hydroxylation sites is 1. The normalized spacial score (nSPS) is 12.9. The zero-order valence-electron chi connectivity index (χ0n) is 15.0. The first-order valence-electron chi connectivity index (χ1n) is 8.91. The average Bonchev–Trinajstić information content (AvgIpc) is 3.14. The minimum atomic E-state index is -3.65. The van der Waals surface area contributed by atoms with Gasteiger partial charge in [0.15, 0.2) is 0 Å². The van der Waals surface area contributed by atoms with Gasteiger partial charge in [0.25, 0.3) is 0 Å². The summed E-state index contributed by atoms with van der Waals surface area (Å²) in [4.78, 5) is 3.44. The Morgan fingerprint density at radius 3 is 2.32 bits per heavy atom. The standard InChI is InChI=1S/C22H19FN2O2S/c23-17-12-10-16(11-13-17)20(21-14-24-22-9-5-4-8-19(21)22)15-25-28(26,27)18-6-2-1-3-7-18/h1-14,20,24-25H,15H2/t20-/m0/s1. The van der Waals surface area contributed by atoms with Crippen LogP contribution in [0.3, 0.4) is 0 Å². The van der Waals surface area contributed by atoms with Crippen LogP contribution in [-0.2, 0) is 10.0 Å². The molecule has 0 amide bonds. The van der Waals surface area contributed by atoms with Gasteiger partial charge in [0.05, 0.1) is 4.90 Å². The zero-order valence-corrected chi connectivity index (χ0v) is 15.8. The Labute approximate surface area is 163 Å². The first-order chi connectivity index (χ1) is 13.5. The van der Waals surface area contributed by atoms with Crippen molar-refractivity contribution in [2.45, 2.75) is 10.8 Å². The molecule has 3 aromatic carbocycles. The summed E-state index contributed by atoms with van der Waals surface area (Å²) >= 11 is 0. The molecule has 4 aromatic rings. The Balaban J connectivity index is 1.71. The van der Waals surface area contributed by atoms with Crippen LogP contribution in [-0.4, -0.2) is 19.9 Å². The van der Waals surface area contributed by atoms with Crippen LogP contribution in [0.4, 0.5) is 4.39 Å². The van der Waals surface area contributed by atoms with Crippen molar-refractivity contribution in [1.82, 2.24) is 9.71 Å². The number of hydrogen-bond acceptors (Lipinski definition) is 2. The maximum absolute atomic E-state index is 13.4. The van der Waals surface area contributed by atoms with Crippen LogP contribution < -0.4 is 4.72 Å². The molecule has 2 N–H and O–H groups in total. The Morgan fingerprint density at radius 1 is 0.893 bits per heavy atom. The lowest BCUT2D eigenvalue weighted by atomic mass is 9.91. The molecule has 0 spiro atoms. The molecule has 0 aliphatic carbocycles. The molecule has 0 aliphatic heterocycles. The third kappa shape index (κ3) is 3.69. The highest BCUT2D eigenvalue weighted by atomic mass is 32.2. The summed E-state index contributed by atoms with van der Waals surface area (Å²) in [5, 5.41) is 1.01. The van der Waals surface area contributed by atoms with E-state index < -0.39 is 10.0 Å². The van der Waals surface area contributed by atoms with E-state index in [-0.39, 0.29) is 23.2 Å². The lowest BCUT2D eigenvalue weighted by Crippen LogP contribution is -2.29. The molecule has 6 heteroatoms. The second kappa shape index (κ2) is 7.58. The van der Waals surface area contributed by atoms with E-state index in [9.17, 15) is 12.8 Å². The highest BCUT2D eigenvalue weighted by Crippen LogP contribution is 2.31. The molecule has 0 saturated heterocycles. The SMILES string of the molecule is O=S(=O)(NC[C@@H](c1ccc(F)cc1)c1c[nH]c2ccccc12)c1ccccc1. The van der Waals surface area contributed by atoms with Gasteiger partial charge in [-0.15, -0.1) is 0 Å². The molecule has 0 bridgehead atoms. The van der Waals surface area contributed by atoms with E-state index >= 15 is 0 Å². The van der Waals surface area contributed by atoms with Crippen LogP contribution in [0, 0.1) is 5.82 Å². The molecule has 0 fully saturated rings. The number of fused-ring (bicyclic) bond motifs is 1. The summed E-state index contributed by atoms with van der Waals surface area (Å²) in [5.74, 6) is -0.596. The fraction of sp³-hybridized carbons (Fsp3) is 0.0909. The monoisotopic (exact) mass is 394 g/mol. The number of halogens is 1.